The van der Waals surface area contributed by atoms with Gasteiger partial charge in [-0.1, -0.05) is 355 Å². The number of rotatable bonds is 79. The van der Waals surface area contributed by atoms with Gasteiger partial charge in [-0.3, -0.25) is 37.3 Å². The third-order valence-corrected chi connectivity index (χ3v) is 20.5. The number of aliphatic hydroxyl groups is 1. The molecule has 17 nitrogen and oxygen atoms in total. The lowest BCUT2D eigenvalue weighted by Crippen LogP contribution is -2.30. The van der Waals surface area contributed by atoms with Crippen LogP contribution < -0.4 is 0 Å². The van der Waals surface area contributed by atoms with E-state index in [1.54, 1.807) is 0 Å². The Labute approximate surface area is 618 Å². The first kappa shape index (κ1) is 98.5. The van der Waals surface area contributed by atoms with Crippen molar-refractivity contribution in [3.63, 3.8) is 0 Å². The molecule has 0 saturated carbocycles. The Bertz CT molecular complexity index is 2040. The number of hydrogen-bond donors (Lipinski definition) is 3. The molecule has 0 saturated heterocycles. The Kier molecular flexibility index (Phi) is 71.3. The largest absolute Gasteiger partial charge is 0.472 e. The zero-order chi connectivity index (χ0) is 74.2. The minimum Gasteiger partial charge on any atom is -0.462 e. The van der Waals surface area contributed by atoms with Crippen LogP contribution in [0.15, 0.2) is 24.3 Å². The van der Waals surface area contributed by atoms with Gasteiger partial charge in [0.05, 0.1) is 26.4 Å². The smallest absolute Gasteiger partial charge is 0.462 e. The number of allylic oxidation sites excluding steroid dienone is 4. The molecule has 0 radical (unpaired) electrons. The van der Waals surface area contributed by atoms with Crippen LogP contribution in [0.2, 0.25) is 0 Å². The highest BCUT2D eigenvalue weighted by molar-refractivity contribution is 7.47. The van der Waals surface area contributed by atoms with E-state index in [1.807, 2.05) is 0 Å². The predicted molar refractivity (Wildman–Crippen MR) is 414 cm³/mol. The molecule has 3 N–H and O–H groups in total. The summed E-state index contributed by atoms with van der Waals surface area (Å²) in [7, 11) is -9.93. The van der Waals surface area contributed by atoms with E-state index in [2.05, 4.69) is 65.8 Å². The molecule has 0 aromatic carbocycles. The average molecular weight is 1480 g/mol. The van der Waals surface area contributed by atoms with Gasteiger partial charge in [0.2, 0.25) is 0 Å². The second-order valence-corrected chi connectivity index (χ2v) is 32.7. The zero-order valence-electron chi connectivity index (χ0n) is 65.7. The summed E-state index contributed by atoms with van der Waals surface area (Å²) >= 11 is 0. The van der Waals surface area contributed by atoms with E-state index in [4.69, 9.17) is 37.0 Å². The van der Waals surface area contributed by atoms with Crippen molar-refractivity contribution in [3.8, 4) is 0 Å². The predicted octanol–water partition coefficient (Wildman–Crippen LogP) is 24.2. The molecule has 0 aliphatic heterocycles. The minimum atomic E-state index is -4.97. The monoisotopic (exact) mass is 1480 g/mol. The van der Waals surface area contributed by atoms with Crippen molar-refractivity contribution >= 4 is 39.5 Å². The molecule has 19 heteroatoms. The van der Waals surface area contributed by atoms with Gasteiger partial charge in [-0.05, 0) is 63.2 Å². The van der Waals surface area contributed by atoms with Crippen LogP contribution in [0.5, 0.6) is 0 Å². The number of aliphatic hydroxyl groups excluding tert-OH is 1. The standard InChI is InChI=1S/C82H156O17P2/c1-7-9-11-13-15-17-19-21-23-24-25-26-30-35-39-43-47-55-61-66-81(86)98-77(70-92-79(84)64-58-52-45-41-37-33-31-27-29-32-36-40-44-50-56-62-74(3)4)72-96-100(88,89)94-68-76(83)69-95-101(90,91)97-73-78(71-93-80(85)65-59-53-49-48-51-57-63-75(5)6)99-82(87)67-60-54-46-42-38-34-28-22-20-18-16-14-12-10-8-2/h18,20,22,28,74-78,83H,7-17,19,21,23-27,29-73H2,1-6H3,(H,88,89)(H,90,91)/b20-18-,28-22-/t76-,77-,78-/m1/s1. The Hall–Kier alpha value is -2.46. The molecule has 5 atom stereocenters. The highest BCUT2D eigenvalue weighted by Gasteiger charge is 2.30. The third kappa shape index (κ3) is 75.6. The fraction of sp³-hybridized carbons (Fsp3) is 0.902. The van der Waals surface area contributed by atoms with Crippen LogP contribution >= 0.6 is 15.6 Å². The molecular formula is C82H156O17P2. The van der Waals surface area contributed by atoms with Gasteiger partial charge < -0.3 is 33.8 Å². The molecule has 0 fully saturated rings. The minimum absolute atomic E-state index is 0.0842. The highest BCUT2D eigenvalue weighted by Crippen LogP contribution is 2.45. The van der Waals surface area contributed by atoms with Crippen molar-refractivity contribution in [2.45, 2.75) is 426 Å². The molecule has 0 aliphatic rings. The first-order valence-electron chi connectivity index (χ1n) is 41.8. The van der Waals surface area contributed by atoms with Crippen molar-refractivity contribution in [1.82, 2.24) is 0 Å². The molecule has 0 rings (SSSR count). The maximum atomic E-state index is 13.1. The van der Waals surface area contributed by atoms with Crippen LogP contribution in [0.3, 0.4) is 0 Å². The summed E-state index contributed by atoms with van der Waals surface area (Å²) in [6.07, 6.45) is 66.2. The van der Waals surface area contributed by atoms with Crippen molar-refractivity contribution in [1.29, 1.82) is 0 Å². The fourth-order valence-corrected chi connectivity index (χ4v) is 13.8. The van der Waals surface area contributed by atoms with E-state index in [1.165, 1.54) is 205 Å². The quantitative estimate of drug-likeness (QED) is 0.0169. The van der Waals surface area contributed by atoms with Crippen LogP contribution in [-0.4, -0.2) is 96.7 Å². The lowest BCUT2D eigenvalue weighted by molar-refractivity contribution is -0.161. The molecule has 0 aromatic rings. The molecule has 596 valence electrons. The number of carbonyl (C=O) groups excluding carboxylic acids is 4. The lowest BCUT2D eigenvalue weighted by atomic mass is 10.0. The van der Waals surface area contributed by atoms with Crippen molar-refractivity contribution in [2.24, 2.45) is 11.8 Å². The van der Waals surface area contributed by atoms with E-state index in [-0.39, 0.29) is 25.7 Å². The molecule has 0 aromatic heterocycles. The van der Waals surface area contributed by atoms with Gasteiger partial charge in [-0.25, -0.2) is 9.13 Å². The first-order valence-corrected chi connectivity index (χ1v) is 44.8. The number of phosphoric acid groups is 2. The Morgan fingerprint density at radius 3 is 0.812 bits per heavy atom. The number of unbranched alkanes of at least 4 members (excludes halogenated alkanes) is 46. The second kappa shape index (κ2) is 73.1. The summed E-state index contributed by atoms with van der Waals surface area (Å²) in [5.74, 6) is -0.660. The van der Waals surface area contributed by atoms with Gasteiger partial charge in [0.1, 0.15) is 19.3 Å². The van der Waals surface area contributed by atoms with Gasteiger partial charge >= 0.3 is 39.5 Å². The van der Waals surface area contributed by atoms with Crippen LogP contribution in [0.25, 0.3) is 0 Å². The fourth-order valence-electron chi connectivity index (χ4n) is 12.2. The van der Waals surface area contributed by atoms with Crippen LogP contribution in [0, 0.1) is 11.8 Å². The molecule has 2 unspecified atom stereocenters. The highest BCUT2D eigenvalue weighted by atomic mass is 31.2. The molecule has 0 aliphatic carbocycles. The van der Waals surface area contributed by atoms with Crippen LogP contribution in [0.4, 0.5) is 0 Å². The lowest BCUT2D eigenvalue weighted by Gasteiger charge is -2.21. The SMILES string of the molecule is CCCCCC/C=C\C=C/CCCCCCCC(=O)O[C@H](COC(=O)CCCCCCCCC(C)C)COP(=O)(O)OC[C@H](O)COP(=O)(O)OC[C@@H](COC(=O)CCCCCCCCCCCCCCCCCC(C)C)OC(=O)CCCCCCCCCCCCCCCCCCCCC. The molecule has 101 heavy (non-hydrogen) atoms. The number of hydrogen-bond acceptors (Lipinski definition) is 15. The van der Waals surface area contributed by atoms with E-state index < -0.39 is 97.5 Å². The topological polar surface area (TPSA) is 237 Å². The Morgan fingerprint density at radius 2 is 0.535 bits per heavy atom. The molecular weight excluding hydrogens is 1320 g/mol. The summed E-state index contributed by atoms with van der Waals surface area (Å²) in [5, 5.41) is 10.6. The average Bonchev–Trinajstić information content (AvgIpc) is 0.928. The van der Waals surface area contributed by atoms with Crippen molar-refractivity contribution < 1.29 is 80.2 Å². The van der Waals surface area contributed by atoms with E-state index in [0.29, 0.717) is 31.6 Å². The van der Waals surface area contributed by atoms with Crippen LogP contribution in [0.1, 0.15) is 408 Å². The van der Waals surface area contributed by atoms with E-state index >= 15 is 0 Å². The van der Waals surface area contributed by atoms with E-state index in [9.17, 15) is 43.2 Å². The van der Waals surface area contributed by atoms with Gasteiger partial charge in [0.25, 0.3) is 0 Å². The maximum absolute atomic E-state index is 13.1. The Morgan fingerprint density at radius 1 is 0.307 bits per heavy atom. The summed E-state index contributed by atoms with van der Waals surface area (Å²) in [6.45, 7) is 9.51. The molecule has 0 spiro atoms. The number of carbonyl (C=O) groups is 4. The number of phosphoric ester groups is 2. The normalized spacial score (nSPS) is 14.0. The van der Waals surface area contributed by atoms with Gasteiger partial charge in [-0.2, -0.15) is 0 Å². The van der Waals surface area contributed by atoms with Gasteiger partial charge in [-0.15, -0.1) is 0 Å². The summed E-state index contributed by atoms with van der Waals surface area (Å²) in [4.78, 5) is 73.0. The zero-order valence-corrected chi connectivity index (χ0v) is 67.5. The maximum Gasteiger partial charge on any atom is 0.472 e. The summed E-state index contributed by atoms with van der Waals surface area (Å²) in [6, 6.07) is 0. The van der Waals surface area contributed by atoms with Crippen molar-refractivity contribution in [3.05, 3.63) is 24.3 Å². The second-order valence-electron chi connectivity index (χ2n) is 29.8. The van der Waals surface area contributed by atoms with Gasteiger partial charge in [0.15, 0.2) is 12.2 Å². The molecule has 0 bridgehead atoms. The van der Waals surface area contributed by atoms with Crippen molar-refractivity contribution in [2.75, 3.05) is 39.6 Å². The molecule has 0 amide bonds. The third-order valence-electron chi connectivity index (χ3n) is 18.6. The molecule has 0 heterocycles. The number of esters is 4. The van der Waals surface area contributed by atoms with Crippen LogP contribution in [-0.2, 0) is 65.4 Å². The Balaban J connectivity index is 5.25. The van der Waals surface area contributed by atoms with E-state index in [0.717, 1.165) is 115 Å². The summed E-state index contributed by atoms with van der Waals surface area (Å²) < 4.78 is 68.7. The van der Waals surface area contributed by atoms with Gasteiger partial charge in [0, 0.05) is 25.7 Å². The summed E-state index contributed by atoms with van der Waals surface area (Å²) in [5.41, 5.74) is 0. The number of ether oxygens (including phenoxy) is 4. The first-order chi connectivity index (χ1) is 48.9.